The quantitative estimate of drug-likeness (QED) is 0.652. The normalized spacial score (nSPS) is 26.6. The molecule has 0 bridgehead atoms. The first-order valence-corrected chi connectivity index (χ1v) is 8.05. The molecule has 22 heavy (non-hydrogen) atoms. The molecule has 122 valence electrons. The van der Waals surface area contributed by atoms with Crippen LogP contribution in [0.3, 0.4) is 0 Å². The Kier molecular flexibility index (Phi) is 4.94. The summed E-state index contributed by atoms with van der Waals surface area (Å²) in [5.41, 5.74) is 7.25. The Morgan fingerprint density at radius 3 is 3.00 bits per heavy atom. The van der Waals surface area contributed by atoms with Gasteiger partial charge < -0.3 is 20.1 Å². The summed E-state index contributed by atoms with van der Waals surface area (Å²) in [5.74, 6) is 0.986. The average molecular weight is 307 g/mol. The Bertz CT molecular complexity index is 510. The predicted molar refractivity (Wildman–Crippen MR) is 83.6 cm³/mol. The van der Waals surface area contributed by atoms with E-state index in [0.29, 0.717) is 18.4 Å². The summed E-state index contributed by atoms with van der Waals surface area (Å²) < 4.78 is 13.3. The zero-order valence-electron chi connectivity index (χ0n) is 13.1. The SMILES string of the molecule is CCn1nccc1[C@@H]1OCC[C@H]1CN=C(N)N1CCOCC1. The molecule has 2 saturated heterocycles. The van der Waals surface area contributed by atoms with Gasteiger partial charge in [0.25, 0.3) is 0 Å². The molecular weight excluding hydrogens is 282 g/mol. The van der Waals surface area contributed by atoms with Crippen LogP contribution in [-0.2, 0) is 16.0 Å². The molecule has 2 aliphatic rings. The van der Waals surface area contributed by atoms with E-state index in [4.69, 9.17) is 15.2 Å². The molecular formula is C15H25N5O2. The summed E-state index contributed by atoms with van der Waals surface area (Å²) in [4.78, 5) is 6.69. The molecule has 1 aromatic heterocycles. The summed E-state index contributed by atoms with van der Waals surface area (Å²) in [6.07, 6.45) is 2.92. The monoisotopic (exact) mass is 307 g/mol. The highest BCUT2D eigenvalue weighted by Gasteiger charge is 2.31. The minimum Gasteiger partial charge on any atom is -0.378 e. The van der Waals surface area contributed by atoms with E-state index < -0.39 is 0 Å². The number of hydrogen-bond acceptors (Lipinski definition) is 4. The average Bonchev–Trinajstić information content (AvgIpc) is 3.21. The van der Waals surface area contributed by atoms with Gasteiger partial charge in [0.05, 0.1) is 18.9 Å². The van der Waals surface area contributed by atoms with E-state index in [1.165, 1.54) is 0 Å². The van der Waals surface area contributed by atoms with Gasteiger partial charge in [-0.05, 0) is 19.4 Å². The molecule has 1 aromatic rings. The molecule has 7 heteroatoms. The fourth-order valence-electron chi connectivity index (χ4n) is 3.10. The molecule has 2 fully saturated rings. The van der Waals surface area contributed by atoms with Crippen LogP contribution in [0, 0.1) is 5.92 Å². The Morgan fingerprint density at radius 1 is 1.41 bits per heavy atom. The van der Waals surface area contributed by atoms with Crippen LogP contribution in [0.1, 0.15) is 25.1 Å². The zero-order valence-corrected chi connectivity index (χ0v) is 13.1. The Hall–Kier alpha value is -1.60. The van der Waals surface area contributed by atoms with Crippen LogP contribution in [0.4, 0.5) is 0 Å². The smallest absolute Gasteiger partial charge is 0.191 e. The number of aliphatic imine (C=N–C) groups is 1. The number of aryl methyl sites for hydroxylation is 1. The fraction of sp³-hybridized carbons (Fsp3) is 0.733. The first kappa shape index (κ1) is 15.3. The summed E-state index contributed by atoms with van der Waals surface area (Å²) in [5, 5.41) is 4.34. The van der Waals surface area contributed by atoms with Crippen molar-refractivity contribution in [3.63, 3.8) is 0 Å². The van der Waals surface area contributed by atoms with E-state index in [-0.39, 0.29) is 6.10 Å². The van der Waals surface area contributed by atoms with Gasteiger partial charge in [-0.2, -0.15) is 5.10 Å². The topological polar surface area (TPSA) is 77.9 Å². The van der Waals surface area contributed by atoms with Crippen molar-refractivity contribution < 1.29 is 9.47 Å². The van der Waals surface area contributed by atoms with Crippen LogP contribution in [0.5, 0.6) is 0 Å². The highest BCUT2D eigenvalue weighted by molar-refractivity contribution is 5.78. The molecule has 3 rings (SSSR count). The van der Waals surface area contributed by atoms with E-state index in [0.717, 1.165) is 51.6 Å². The van der Waals surface area contributed by atoms with Crippen molar-refractivity contribution >= 4 is 5.96 Å². The van der Waals surface area contributed by atoms with Crippen molar-refractivity contribution in [3.8, 4) is 0 Å². The Balaban J connectivity index is 1.63. The van der Waals surface area contributed by atoms with Crippen LogP contribution in [0.15, 0.2) is 17.3 Å². The molecule has 2 N–H and O–H groups in total. The van der Waals surface area contributed by atoms with Crippen molar-refractivity contribution in [1.82, 2.24) is 14.7 Å². The first-order valence-electron chi connectivity index (χ1n) is 8.05. The summed E-state index contributed by atoms with van der Waals surface area (Å²) in [7, 11) is 0. The lowest BCUT2D eigenvalue weighted by Gasteiger charge is -2.28. The van der Waals surface area contributed by atoms with Gasteiger partial charge in [0.15, 0.2) is 5.96 Å². The highest BCUT2D eigenvalue weighted by Crippen LogP contribution is 2.34. The molecule has 0 saturated carbocycles. The Labute approximate surface area is 131 Å². The van der Waals surface area contributed by atoms with E-state index in [2.05, 4.69) is 21.9 Å². The van der Waals surface area contributed by atoms with E-state index >= 15 is 0 Å². The molecule has 0 amide bonds. The molecule has 0 spiro atoms. The molecule has 2 atom stereocenters. The molecule has 0 unspecified atom stereocenters. The van der Waals surface area contributed by atoms with Crippen LogP contribution >= 0.6 is 0 Å². The minimum absolute atomic E-state index is 0.0729. The maximum absolute atomic E-state index is 6.11. The molecule has 0 aromatic carbocycles. The van der Waals surface area contributed by atoms with Gasteiger partial charge in [-0.1, -0.05) is 0 Å². The number of ether oxygens (including phenoxy) is 2. The number of rotatable bonds is 4. The van der Waals surface area contributed by atoms with Gasteiger partial charge in [-0.3, -0.25) is 9.67 Å². The molecule has 7 nitrogen and oxygen atoms in total. The molecule has 0 radical (unpaired) electrons. The number of aromatic nitrogens is 2. The second kappa shape index (κ2) is 7.11. The Morgan fingerprint density at radius 2 is 2.23 bits per heavy atom. The van der Waals surface area contributed by atoms with Crippen molar-refractivity contribution in [2.45, 2.75) is 26.0 Å². The molecule has 2 aliphatic heterocycles. The third-order valence-corrected chi connectivity index (χ3v) is 4.38. The number of nitrogens with two attached hydrogens (primary N) is 1. The highest BCUT2D eigenvalue weighted by atomic mass is 16.5. The lowest BCUT2D eigenvalue weighted by Crippen LogP contribution is -2.45. The molecule has 3 heterocycles. The van der Waals surface area contributed by atoms with E-state index in [1.54, 1.807) is 0 Å². The van der Waals surface area contributed by atoms with Crippen molar-refractivity contribution in [2.75, 3.05) is 39.5 Å². The third kappa shape index (κ3) is 3.25. The lowest BCUT2D eigenvalue weighted by molar-refractivity contribution is 0.0670. The van der Waals surface area contributed by atoms with Crippen LogP contribution in [0.25, 0.3) is 0 Å². The van der Waals surface area contributed by atoms with E-state index in [1.807, 2.05) is 16.9 Å². The third-order valence-electron chi connectivity index (χ3n) is 4.38. The number of nitrogens with zero attached hydrogens (tertiary/aromatic N) is 4. The predicted octanol–water partition coefficient (Wildman–Crippen LogP) is 0.628. The van der Waals surface area contributed by atoms with E-state index in [9.17, 15) is 0 Å². The van der Waals surface area contributed by atoms with Gasteiger partial charge in [0.2, 0.25) is 0 Å². The zero-order chi connectivity index (χ0) is 15.4. The molecule has 0 aliphatic carbocycles. The maximum atomic E-state index is 6.11. The van der Waals surface area contributed by atoms with Gasteiger partial charge in [0.1, 0.15) is 6.10 Å². The lowest BCUT2D eigenvalue weighted by atomic mass is 9.99. The largest absolute Gasteiger partial charge is 0.378 e. The van der Waals surface area contributed by atoms with Crippen molar-refractivity contribution in [3.05, 3.63) is 18.0 Å². The second-order valence-electron chi connectivity index (χ2n) is 5.71. The van der Waals surface area contributed by atoms with Crippen molar-refractivity contribution in [2.24, 2.45) is 16.6 Å². The number of hydrogen-bond donors (Lipinski definition) is 1. The standard InChI is InChI=1S/C15H25N5O2/c1-2-20-13(3-5-18-20)14-12(4-8-22-14)11-17-15(16)19-6-9-21-10-7-19/h3,5,12,14H,2,4,6-11H2,1H3,(H2,16,17)/t12-,14+/m0/s1. The maximum Gasteiger partial charge on any atom is 0.191 e. The van der Waals surface area contributed by atoms with Gasteiger partial charge in [0, 0.05) is 44.9 Å². The minimum atomic E-state index is 0.0729. The van der Waals surface area contributed by atoms with Crippen molar-refractivity contribution in [1.29, 1.82) is 0 Å². The van der Waals surface area contributed by atoms with Gasteiger partial charge >= 0.3 is 0 Å². The van der Waals surface area contributed by atoms with Crippen LogP contribution in [0.2, 0.25) is 0 Å². The fourth-order valence-corrected chi connectivity index (χ4v) is 3.10. The van der Waals surface area contributed by atoms with Crippen LogP contribution < -0.4 is 5.73 Å². The van der Waals surface area contributed by atoms with Gasteiger partial charge in [-0.15, -0.1) is 0 Å². The summed E-state index contributed by atoms with van der Waals surface area (Å²) in [6, 6.07) is 2.04. The number of guanidine groups is 1. The summed E-state index contributed by atoms with van der Waals surface area (Å²) >= 11 is 0. The number of morpholine rings is 1. The first-order chi connectivity index (χ1) is 10.8. The summed E-state index contributed by atoms with van der Waals surface area (Å²) in [6.45, 7) is 7.51. The van der Waals surface area contributed by atoms with Gasteiger partial charge in [-0.25, -0.2) is 0 Å². The van der Waals surface area contributed by atoms with Crippen LogP contribution in [-0.4, -0.2) is 60.1 Å². The second-order valence-corrected chi connectivity index (χ2v) is 5.71.